The molecule has 1 aliphatic carbocycles. The maximum Gasteiger partial charge on any atom is 0.451 e. The minimum atomic E-state index is -1.35. The van der Waals surface area contributed by atoms with E-state index in [1.807, 2.05) is 6.07 Å². The molecule has 0 heterocycles. The Labute approximate surface area is 184 Å². The van der Waals surface area contributed by atoms with Crippen LogP contribution in [0, 0.1) is 5.92 Å². The van der Waals surface area contributed by atoms with E-state index in [2.05, 4.69) is 53.8 Å². The number of hydrogen-bond acceptors (Lipinski definition) is 5. The molecule has 1 fully saturated rings. The van der Waals surface area contributed by atoms with E-state index in [1.165, 1.54) is 16.7 Å². The molecule has 6 N–H and O–H groups in total. The largest absolute Gasteiger partial charge is 0.480 e. The summed E-state index contributed by atoms with van der Waals surface area (Å²) in [4.78, 5) is 11.8. The number of nitrogens with one attached hydrogen (secondary N) is 1. The predicted molar refractivity (Wildman–Crippen MR) is 122 cm³/mol. The van der Waals surface area contributed by atoms with Crippen LogP contribution in [0.4, 0.5) is 0 Å². The van der Waals surface area contributed by atoms with Crippen molar-refractivity contribution in [2.45, 2.75) is 63.0 Å². The van der Waals surface area contributed by atoms with Gasteiger partial charge in [-0.25, -0.2) is 0 Å². The van der Waals surface area contributed by atoms with Gasteiger partial charge in [0.05, 0.1) is 0 Å². The monoisotopic (exact) mass is 424 g/mol. The van der Waals surface area contributed by atoms with E-state index in [-0.39, 0.29) is 18.3 Å². The van der Waals surface area contributed by atoms with Crippen LogP contribution in [0.3, 0.4) is 0 Å². The second-order valence-corrected chi connectivity index (χ2v) is 8.80. The maximum absolute atomic E-state index is 11.8. The summed E-state index contributed by atoms with van der Waals surface area (Å²) >= 11 is 0. The first-order chi connectivity index (χ1) is 14.9. The SMILES string of the molecule is N[C@](CCCCB(O)O)(C(=O)O)[C@H]1C[C@H](NCc2ccc(Cc3ccccc3)cc2)C1. The molecule has 1 aliphatic rings. The van der Waals surface area contributed by atoms with Gasteiger partial charge >= 0.3 is 13.1 Å². The van der Waals surface area contributed by atoms with Crippen LogP contribution in [0.25, 0.3) is 0 Å². The van der Waals surface area contributed by atoms with Gasteiger partial charge in [0.25, 0.3) is 0 Å². The van der Waals surface area contributed by atoms with Crippen molar-refractivity contribution in [3.05, 3.63) is 71.3 Å². The molecule has 0 saturated heterocycles. The smallest absolute Gasteiger partial charge is 0.451 e. The van der Waals surface area contributed by atoms with Gasteiger partial charge < -0.3 is 26.2 Å². The zero-order chi connectivity index (χ0) is 22.3. The van der Waals surface area contributed by atoms with Crippen LogP contribution in [0.2, 0.25) is 6.32 Å². The molecule has 3 rings (SSSR count). The Balaban J connectivity index is 1.42. The summed E-state index contributed by atoms with van der Waals surface area (Å²) in [5.41, 5.74) is 8.81. The van der Waals surface area contributed by atoms with Gasteiger partial charge in [0.15, 0.2) is 0 Å². The Bertz CT molecular complexity index is 825. The molecule has 0 amide bonds. The highest BCUT2D eigenvalue weighted by Crippen LogP contribution is 2.38. The molecular weight excluding hydrogens is 391 g/mol. The Hall–Kier alpha value is -2.19. The van der Waals surface area contributed by atoms with Gasteiger partial charge in [0.1, 0.15) is 5.54 Å². The van der Waals surface area contributed by atoms with Crippen LogP contribution in [0.5, 0.6) is 0 Å². The fraction of sp³-hybridized carbons (Fsp3) is 0.458. The van der Waals surface area contributed by atoms with Gasteiger partial charge in [-0.2, -0.15) is 0 Å². The Kier molecular flexibility index (Phi) is 8.26. The molecule has 2 aromatic carbocycles. The third-order valence-electron chi connectivity index (χ3n) is 6.44. The van der Waals surface area contributed by atoms with E-state index in [1.54, 1.807) is 0 Å². The van der Waals surface area contributed by atoms with E-state index in [0.29, 0.717) is 19.3 Å². The third kappa shape index (κ3) is 6.65. The lowest BCUT2D eigenvalue weighted by Crippen LogP contribution is -2.61. The molecule has 0 radical (unpaired) electrons. The summed E-state index contributed by atoms with van der Waals surface area (Å²) in [6.45, 7) is 0.752. The molecule has 7 heteroatoms. The van der Waals surface area contributed by atoms with Crippen molar-refractivity contribution in [2.24, 2.45) is 11.7 Å². The number of unbranched alkanes of at least 4 members (excludes halogenated alkanes) is 1. The molecule has 6 nitrogen and oxygen atoms in total. The number of carboxylic acid groups (broad SMARTS) is 1. The molecule has 1 atom stereocenters. The van der Waals surface area contributed by atoms with E-state index in [9.17, 15) is 9.90 Å². The maximum atomic E-state index is 11.8. The zero-order valence-electron chi connectivity index (χ0n) is 17.9. The van der Waals surface area contributed by atoms with Crippen LogP contribution >= 0.6 is 0 Å². The minimum absolute atomic E-state index is 0.0604. The van der Waals surface area contributed by atoms with Crippen LogP contribution in [0.15, 0.2) is 54.6 Å². The molecule has 0 bridgehead atoms. The molecule has 0 aromatic heterocycles. The Morgan fingerprint density at radius 3 is 2.23 bits per heavy atom. The van der Waals surface area contributed by atoms with Gasteiger partial charge in [-0.15, -0.1) is 0 Å². The second kappa shape index (κ2) is 10.9. The van der Waals surface area contributed by atoms with Crippen molar-refractivity contribution in [1.29, 1.82) is 0 Å². The summed E-state index contributed by atoms with van der Waals surface area (Å²) in [6.07, 6.45) is 4.14. The molecule has 166 valence electrons. The van der Waals surface area contributed by atoms with Crippen molar-refractivity contribution >= 4 is 13.1 Å². The summed E-state index contributed by atoms with van der Waals surface area (Å²) in [6, 6.07) is 19.3. The topological polar surface area (TPSA) is 116 Å². The number of rotatable bonds is 12. The number of carbonyl (C=O) groups is 1. The minimum Gasteiger partial charge on any atom is -0.480 e. The molecule has 2 aromatic rings. The predicted octanol–water partition coefficient (Wildman–Crippen LogP) is 2.57. The van der Waals surface area contributed by atoms with Crippen LogP contribution < -0.4 is 11.1 Å². The molecule has 31 heavy (non-hydrogen) atoms. The van der Waals surface area contributed by atoms with Crippen LogP contribution in [0.1, 0.15) is 48.8 Å². The summed E-state index contributed by atoms with van der Waals surface area (Å²) in [7, 11) is -1.35. The highest BCUT2D eigenvalue weighted by atomic mass is 16.4. The van der Waals surface area contributed by atoms with E-state index >= 15 is 0 Å². The number of benzene rings is 2. The van der Waals surface area contributed by atoms with E-state index in [4.69, 9.17) is 15.8 Å². The van der Waals surface area contributed by atoms with Crippen molar-refractivity contribution in [2.75, 3.05) is 0 Å². The normalized spacial score (nSPS) is 20.0. The van der Waals surface area contributed by atoms with Crippen LogP contribution in [-0.2, 0) is 17.8 Å². The quantitative estimate of drug-likeness (QED) is 0.264. The average Bonchev–Trinajstić information content (AvgIpc) is 2.72. The first kappa shape index (κ1) is 23.5. The Morgan fingerprint density at radius 1 is 1.00 bits per heavy atom. The fourth-order valence-electron chi connectivity index (χ4n) is 4.30. The summed E-state index contributed by atoms with van der Waals surface area (Å²) in [5.74, 6) is -1.02. The van der Waals surface area contributed by atoms with Gasteiger partial charge in [0.2, 0.25) is 0 Å². The lowest BCUT2D eigenvalue weighted by Gasteiger charge is -2.45. The number of nitrogens with two attached hydrogens (primary N) is 1. The zero-order valence-corrected chi connectivity index (χ0v) is 17.9. The first-order valence-corrected chi connectivity index (χ1v) is 11.1. The Morgan fingerprint density at radius 2 is 1.61 bits per heavy atom. The van der Waals surface area contributed by atoms with Crippen molar-refractivity contribution in [3.8, 4) is 0 Å². The average molecular weight is 424 g/mol. The molecule has 0 spiro atoms. The van der Waals surface area contributed by atoms with Gasteiger partial charge in [-0.05, 0) is 54.6 Å². The van der Waals surface area contributed by atoms with Gasteiger partial charge in [0, 0.05) is 12.6 Å². The number of hydrogen-bond donors (Lipinski definition) is 5. The lowest BCUT2D eigenvalue weighted by atomic mass is 9.66. The highest BCUT2D eigenvalue weighted by Gasteiger charge is 2.47. The molecule has 0 unspecified atom stereocenters. The van der Waals surface area contributed by atoms with Crippen molar-refractivity contribution in [1.82, 2.24) is 5.32 Å². The first-order valence-electron chi connectivity index (χ1n) is 11.1. The second-order valence-electron chi connectivity index (χ2n) is 8.80. The van der Waals surface area contributed by atoms with Crippen molar-refractivity contribution in [3.63, 3.8) is 0 Å². The van der Waals surface area contributed by atoms with Gasteiger partial charge in [-0.3, -0.25) is 4.79 Å². The summed E-state index contributed by atoms with van der Waals surface area (Å²) in [5, 5.41) is 31.0. The standard InChI is InChI=1S/C24H33BN2O4/c26-24(23(28)29,12-4-5-13-25(30)31)21-15-22(16-21)27-17-20-10-8-19(9-11-20)14-18-6-2-1-3-7-18/h1-3,6-11,21-22,27,30-31H,4-5,12-17,26H2,(H,28,29)/t21-,22-,24-/m0/s1. The van der Waals surface area contributed by atoms with Crippen molar-refractivity contribution < 1.29 is 19.9 Å². The van der Waals surface area contributed by atoms with Gasteiger partial charge in [-0.1, -0.05) is 67.4 Å². The molecule has 1 saturated carbocycles. The third-order valence-corrected chi connectivity index (χ3v) is 6.44. The summed E-state index contributed by atoms with van der Waals surface area (Å²) < 4.78 is 0. The van der Waals surface area contributed by atoms with Crippen LogP contribution in [-0.4, -0.2) is 39.8 Å². The molecular formula is C24H33BN2O4. The number of carboxylic acids is 1. The van der Waals surface area contributed by atoms with E-state index in [0.717, 1.165) is 25.8 Å². The van der Waals surface area contributed by atoms with E-state index < -0.39 is 18.6 Å². The fourth-order valence-corrected chi connectivity index (χ4v) is 4.30. The molecule has 0 aliphatic heterocycles. The highest BCUT2D eigenvalue weighted by molar-refractivity contribution is 6.40. The number of aliphatic carboxylic acids is 1. The lowest BCUT2D eigenvalue weighted by molar-refractivity contribution is -0.148.